The summed E-state index contributed by atoms with van der Waals surface area (Å²) in [6.07, 6.45) is 0. The number of amides is 1. The lowest BCUT2D eigenvalue weighted by atomic mass is 10.1. The maximum atomic E-state index is 12.6. The van der Waals surface area contributed by atoms with Gasteiger partial charge in [0, 0.05) is 5.39 Å². The SMILES string of the molecule is COc1ccc(OC[C@H](C)NC(=O)c2cc3c(ccc4ccccc43)o2)cc1. The largest absolute Gasteiger partial charge is 0.497 e. The normalized spacial score (nSPS) is 12.1. The Balaban J connectivity index is 1.43. The lowest BCUT2D eigenvalue weighted by Crippen LogP contribution is -2.36. The molecule has 0 aliphatic heterocycles. The van der Waals surface area contributed by atoms with Gasteiger partial charge in [0.2, 0.25) is 0 Å². The maximum Gasteiger partial charge on any atom is 0.287 e. The molecule has 1 heterocycles. The van der Waals surface area contributed by atoms with Crippen molar-refractivity contribution in [3.63, 3.8) is 0 Å². The number of benzene rings is 3. The van der Waals surface area contributed by atoms with Crippen LogP contribution in [0, 0.1) is 0 Å². The highest BCUT2D eigenvalue weighted by Crippen LogP contribution is 2.28. The second-order valence-electron chi connectivity index (χ2n) is 6.67. The van der Waals surface area contributed by atoms with Crippen LogP contribution in [0.15, 0.2) is 71.1 Å². The van der Waals surface area contributed by atoms with Crippen molar-refractivity contribution in [3.8, 4) is 11.5 Å². The van der Waals surface area contributed by atoms with Crippen LogP contribution in [0.1, 0.15) is 17.5 Å². The van der Waals surface area contributed by atoms with Gasteiger partial charge in [0.15, 0.2) is 5.76 Å². The smallest absolute Gasteiger partial charge is 0.287 e. The number of rotatable bonds is 6. The molecule has 0 bridgehead atoms. The molecule has 1 aromatic heterocycles. The Morgan fingerprint density at radius 1 is 1.00 bits per heavy atom. The Bertz CT molecular complexity index is 1110. The van der Waals surface area contributed by atoms with Gasteiger partial charge in [-0.1, -0.05) is 30.3 Å². The number of hydrogen-bond acceptors (Lipinski definition) is 4. The Hall–Kier alpha value is -3.47. The quantitative estimate of drug-likeness (QED) is 0.526. The summed E-state index contributed by atoms with van der Waals surface area (Å²) in [5, 5.41) is 6.03. The highest BCUT2D eigenvalue weighted by Gasteiger charge is 2.16. The summed E-state index contributed by atoms with van der Waals surface area (Å²) >= 11 is 0. The molecule has 4 rings (SSSR count). The van der Waals surface area contributed by atoms with Crippen molar-refractivity contribution in [2.24, 2.45) is 0 Å². The Kier molecular flexibility index (Phi) is 4.89. The molecule has 5 heteroatoms. The highest BCUT2D eigenvalue weighted by atomic mass is 16.5. The fraction of sp³-hybridized carbons (Fsp3) is 0.174. The molecule has 0 unspecified atom stereocenters. The molecule has 1 atom stereocenters. The zero-order valence-corrected chi connectivity index (χ0v) is 15.8. The van der Waals surface area contributed by atoms with Gasteiger partial charge >= 0.3 is 0 Å². The number of carbonyl (C=O) groups excluding carboxylic acids is 1. The molecule has 0 saturated heterocycles. The van der Waals surface area contributed by atoms with E-state index in [0.717, 1.165) is 27.7 Å². The first kappa shape index (κ1) is 17.9. The van der Waals surface area contributed by atoms with E-state index in [0.29, 0.717) is 18.0 Å². The number of furan rings is 1. The molecule has 3 aromatic carbocycles. The zero-order chi connectivity index (χ0) is 19.5. The maximum absolute atomic E-state index is 12.6. The topological polar surface area (TPSA) is 60.7 Å². The minimum absolute atomic E-state index is 0.181. The van der Waals surface area contributed by atoms with E-state index in [2.05, 4.69) is 5.32 Å². The molecular formula is C23H21NO4. The molecule has 5 nitrogen and oxygen atoms in total. The van der Waals surface area contributed by atoms with Gasteiger partial charge in [-0.3, -0.25) is 4.79 Å². The average Bonchev–Trinajstić information content (AvgIpc) is 3.18. The standard InChI is InChI=1S/C23H21NO4/c1-15(14-27-18-10-8-17(26-2)9-11-18)24-23(25)22-13-20-19-6-4-3-5-16(19)7-12-21(20)28-22/h3-13,15H,14H2,1-2H3,(H,24,25)/t15-/m0/s1. The van der Waals surface area contributed by atoms with Crippen LogP contribution in [0.25, 0.3) is 21.7 Å². The number of fused-ring (bicyclic) bond motifs is 3. The number of ether oxygens (including phenoxy) is 2. The molecule has 1 amide bonds. The molecular weight excluding hydrogens is 354 g/mol. The van der Waals surface area contributed by atoms with Crippen molar-refractivity contribution in [1.82, 2.24) is 5.32 Å². The van der Waals surface area contributed by atoms with E-state index in [1.54, 1.807) is 13.2 Å². The van der Waals surface area contributed by atoms with E-state index >= 15 is 0 Å². The highest BCUT2D eigenvalue weighted by molar-refractivity contribution is 6.08. The van der Waals surface area contributed by atoms with Crippen molar-refractivity contribution in [2.75, 3.05) is 13.7 Å². The van der Waals surface area contributed by atoms with Crippen LogP contribution in [-0.4, -0.2) is 25.7 Å². The fourth-order valence-corrected chi connectivity index (χ4v) is 3.13. The summed E-state index contributed by atoms with van der Waals surface area (Å²) < 4.78 is 16.6. The van der Waals surface area contributed by atoms with Gasteiger partial charge in [-0.15, -0.1) is 0 Å². The minimum Gasteiger partial charge on any atom is -0.497 e. The average molecular weight is 375 g/mol. The van der Waals surface area contributed by atoms with Crippen molar-refractivity contribution in [1.29, 1.82) is 0 Å². The molecule has 4 aromatic rings. The Morgan fingerprint density at radius 3 is 2.54 bits per heavy atom. The summed E-state index contributed by atoms with van der Waals surface area (Å²) in [5.74, 6) is 1.52. The number of carbonyl (C=O) groups is 1. The van der Waals surface area contributed by atoms with Crippen LogP contribution < -0.4 is 14.8 Å². The summed E-state index contributed by atoms with van der Waals surface area (Å²) in [4.78, 5) is 12.6. The lowest BCUT2D eigenvalue weighted by Gasteiger charge is -2.14. The molecule has 0 spiro atoms. The number of nitrogens with one attached hydrogen (secondary N) is 1. The minimum atomic E-state index is -0.258. The van der Waals surface area contributed by atoms with E-state index in [-0.39, 0.29) is 11.9 Å². The number of hydrogen-bond donors (Lipinski definition) is 1. The van der Waals surface area contributed by atoms with Crippen molar-refractivity contribution in [3.05, 3.63) is 72.5 Å². The third kappa shape index (κ3) is 3.64. The van der Waals surface area contributed by atoms with Crippen molar-refractivity contribution >= 4 is 27.6 Å². The van der Waals surface area contributed by atoms with Crippen LogP contribution >= 0.6 is 0 Å². The van der Waals surface area contributed by atoms with Crippen molar-refractivity contribution in [2.45, 2.75) is 13.0 Å². The van der Waals surface area contributed by atoms with E-state index in [9.17, 15) is 4.79 Å². The van der Waals surface area contributed by atoms with Gasteiger partial charge in [-0.05, 0) is 54.1 Å². The van der Waals surface area contributed by atoms with Gasteiger partial charge in [0.05, 0.1) is 13.2 Å². The van der Waals surface area contributed by atoms with E-state index in [1.165, 1.54) is 0 Å². The molecule has 0 aliphatic carbocycles. The second kappa shape index (κ2) is 7.64. The lowest BCUT2D eigenvalue weighted by molar-refractivity contribution is 0.0901. The predicted molar refractivity (Wildman–Crippen MR) is 109 cm³/mol. The molecule has 0 radical (unpaired) electrons. The monoisotopic (exact) mass is 375 g/mol. The summed E-state index contributed by atoms with van der Waals surface area (Å²) in [5.41, 5.74) is 0.700. The summed E-state index contributed by atoms with van der Waals surface area (Å²) in [6, 6.07) is 20.9. The molecule has 142 valence electrons. The van der Waals surface area contributed by atoms with Crippen LogP contribution in [0.5, 0.6) is 11.5 Å². The third-order valence-electron chi connectivity index (χ3n) is 4.59. The molecule has 0 saturated carbocycles. The second-order valence-corrected chi connectivity index (χ2v) is 6.67. The summed E-state index contributed by atoms with van der Waals surface area (Å²) in [6.45, 7) is 2.24. The van der Waals surface area contributed by atoms with Crippen LogP contribution in [0.2, 0.25) is 0 Å². The first-order valence-corrected chi connectivity index (χ1v) is 9.13. The Morgan fingerprint density at radius 2 is 1.75 bits per heavy atom. The zero-order valence-electron chi connectivity index (χ0n) is 15.8. The van der Waals surface area contributed by atoms with Crippen LogP contribution in [-0.2, 0) is 0 Å². The molecule has 0 fully saturated rings. The van der Waals surface area contributed by atoms with E-state index in [1.807, 2.05) is 67.6 Å². The fourth-order valence-electron chi connectivity index (χ4n) is 3.13. The molecule has 0 aliphatic rings. The van der Waals surface area contributed by atoms with Gasteiger partial charge in [0.25, 0.3) is 5.91 Å². The van der Waals surface area contributed by atoms with Gasteiger partial charge in [-0.2, -0.15) is 0 Å². The van der Waals surface area contributed by atoms with Gasteiger partial charge in [0.1, 0.15) is 23.7 Å². The number of methoxy groups -OCH3 is 1. The molecule has 28 heavy (non-hydrogen) atoms. The first-order valence-electron chi connectivity index (χ1n) is 9.13. The third-order valence-corrected chi connectivity index (χ3v) is 4.59. The van der Waals surface area contributed by atoms with Crippen molar-refractivity contribution < 1.29 is 18.7 Å². The van der Waals surface area contributed by atoms with Crippen LogP contribution in [0.3, 0.4) is 0 Å². The first-order chi connectivity index (χ1) is 13.6. The van der Waals surface area contributed by atoms with Gasteiger partial charge in [-0.25, -0.2) is 0 Å². The molecule has 1 N–H and O–H groups in total. The summed E-state index contributed by atoms with van der Waals surface area (Å²) in [7, 11) is 1.62. The van der Waals surface area contributed by atoms with Crippen LogP contribution in [0.4, 0.5) is 0 Å². The Labute approximate surface area is 162 Å². The van der Waals surface area contributed by atoms with E-state index in [4.69, 9.17) is 13.9 Å². The van der Waals surface area contributed by atoms with E-state index < -0.39 is 0 Å². The van der Waals surface area contributed by atoms with Gasteiger partial charge < -0.3 is 19.2 Å². The predicted octanol–water partition coefficient (Wildman–Crippen LogP) is 4.79.